The van der Waals surface area contributed by atoms with Gasteiger partial charge in [-0.3, -0.25) is 0 Å². The lowest BCUT2D eigenvalue weighted by molar-refractivity contribution is 0.318. The average Bonchev–Trinajstić information content (AvgIpc) is 2.54. The lowest BCUT2D eigenvalue weighted by atomic mass is 10.0. The van der Waals surface area contributed by atoms with E-state index in [9.17, 15) is 5.21 Å². The van der Waals surface area contributed by atoms with Gasteiger partial charge in [0, 0.05) is 6.42 Å². The summed E-state index contributed by atoms with van der Waals surface area (Å²) in [5.41, 5.74) is 4.25. The van der Waals surface area contributed by atoms with Crippen LogP contribution in [-0.2, 0) is 6.42 Å². The molecule has 0 heterocycles. The van der Waals surface area contributed by atoms with Crippen LogP contribution in [0, 0.1) is 0 Å². The second-order valence-electron chi connectivity index (χ2n) is 5.16. The molecule has 0 fully saturated rings. The van der Waals surface area contributed by atoms with Crippen LogP contribution >= 0.6 is 0 Å². The third-order valence-electron chi connectivity index (χ3n) is 3.44. The van der Waals surface area contributed by atoms with Crippen LogP contribution in [0.4, 0.5) is 0 Å². The fourth-order valence-electron chi connectivity index (χ4n) is 2.29. The van der Waals surface area contributed by atoms with Crippen molar-refractivity contribution in [1.82, 2.24) is 0 Å². The summed E-state index contributed by atoms with van der Waals surface area (Å²) in [4.78, 5) is 0. The molecule has 0 aromatic heterocycles. The molecule has 0 amide bonds. The van der Waals surface area contributed by atoms with Crippen LogP contribution in [0.5, 0.6) is 0 Å². The van der Waals surface area contributed by atoms with Crippen molar-refractivity contribution in [1.29, 1.82) is 0 Å². The van der Waals surface area contributed by atoms with Crippen molar-refractivity contribution < 1.29 is 5.21 Å². The van der Waals surface area contributed by atoms with Crippen molar-refractivity contribution >= 4 is 5.71 Å². The van der Waals surface area contributed by atoms with Gasteiger partial charge >= 0.3 is 0 Å². The number of benzene rings is 2. The van der Waals surface area contributed by atoms with Crippen LogP contribution in [0.3, 0.4) is 0 Å². The zero-order valence-corrected chi connectivity index (χ0v) is 12.4. The van der Waals surface area contributed by atoms with Gasteiger partial charge < -0.3 is 5.21 Å². The van der Waals surface area contributed by atoms with Gasteiger partial charge in [0.25, 0.3) is 0 Å². The molecule has 0 saturated heterocycles. The molecule has 0 aliphatic rings. The van der Waals surface area contributed by atoms with Crippen molar-refractivity contribution in [3.05, 3.63) is 83.4 Å². The van der Waals surface area contributed by atoms with Gasteiger partial charge in [-0.05, 0) is 30.9 Å². The number of hydrogen-bond acceptors (Lipinski definition) is 2. The number of nitrogens with zero attached hydrogens (tertiary/aromatic N) is 1. The molecule has 0 atom stereocenters. The maximum atomic E-state index is 9.19. The molecule has 0 spiro atoms. The quantitative estimate of drug-likeness (QED) is 0.349. The topological polar surface area (TPSA) is 32.6 Å². The van der Waals surface area contributed by atoms with E-state index < -0.39 is 0 Å². The van der Waals surface area contributed by atoms with Crippen molar-refractivity contribution in [3.63, 3.8) is 0 Å². The van der Waals surface area contributed by atoms with E-state index in [1.54, 1.807) is 0 Å². The Balaban J connectivity index is 1.91. The zero-order valence-electron chi connectivity index (χ0n) is 12.4. The summed E-state index contributed by atoms with van der Waals surface area (Å²) < 4.78 is 0. The summed E-state index contributed by atoms with van der Waals surface area (Å²) >= 11 is 0. The third kappa shape index (κ3) is 4.92. The molecule has 2 nitrogen and oxygen atoms in total. The number of oxime groups is 1. The molecule has 108 valence electrons. The van der Waals surface area contributed by atoms with Gasteiger partial charge in [0.1, 0.15) is 0 Å². The third-order valence-corrected chi connectivity index (χ3v) is 3.44. The first-order valence-electron chi connectivity index (χ1n) is 7.25. The largest absolute Gasteiger partial charge is 0.411 e. The van der Waals surface area contributed by atoms with Crippen molar-refractivity contribution in [3.8, 4) is 0 Å². The maximum Gasteiger partial charge on any atom is 0.0907 e. The standard InChI is InChI=1S/C19H21NO/c1-16(9-8-12-17-10-4-2-5-11-17)15-19(20-21)18-13-6-3-7-14-18/h2-7,9-11,13-14,21H,8,12,15H2,1H3/b16-9+,20-19-. The molecular weight excluding hydrogens is 258 g/mol. The molecule has 1 N–H and O–H groups in total. The molecular formula is C19H21NO. The lowest BCUT2D eigenvalue weighted by Gasteiger charge is -2.05. The molecule has 21 heavy (non-hydrogen) atoms. The van der Waals surface area contributed by atoms with Crippen LogP contribution < -0.4 is 0 Å². The van der Waals surface area contributed by atoms with Crippen LogP contribution in [-0.4, -0.2) is 10.9 Å². The average molecular weight is 279 g/mol. The van der Waals surface area contributed by atoms with Crippen LogP contribution in [0.15, 0.2) is 77.5 Å². The highest BCUT2D eigenvalue weighted by atomic mass is 16.4. The predicted octanol–water partition coefficient (Wildman–Crippen LogP) is 4.83. The summed E-state index contributed by atoms with van der Waals surface area (Å²) in [7, 11) is 0. The number of hydrogen-bond donors (Lipinski definition) is 1. The second kappa shape index (κ2) is 8.05. The van der Waals surface area contributed by atoms with E-state index in [-0.39, 0.29) is 0 Å². The highest BCUT2D eigenvalue weighted by Gasteiger charge is 2.04. The molecule has 0 saturated carbocycles. The highest BCUT2D eigenvalue weighted by molar-refractivity contribution is 6.01. The van der Waals surface area contributed by atoms with Gasteiger partial charge in [0.05, 0.1) is 5.71 Å². The van der Waals surface area contributed by atoms with Gasteiger partial charge in [0.15, 0.2) is 0 Å². The molecule has 2 aromatic carbocycles. The van der Waals surface area contributed by atoms with Gasteiger partial charge in [0.2, 0.25) is 0 Å². The van der Waals surface area contributed by atoms with E-state index >= 15 is 0 Å². The molecule has 2 aromatic rings. The Labute approximate surface area is 126 Å². The lowest BCUT2D eigenvalue weighted by Crippen LogP contribution is -2.01. The Bertz CT molecular complexity index is 600. The Hall–Kier alpha value is -2.35. The molecule has 0 unspecified atom stereocenters. The van der Waals surface area contributed by atoms with Gasteiger partial charge in [-0.25, -0.2) is 0 Å². The number of rotatable bonds is 6. The molecule has 0 radical (unpaired) electrons. The van der Waals surface area contributed by atoms with E-state index in [1.807, 2.05) is 36.4 Å². The molecule has 2 rings (SSSR count). The van der Waals surface area contributed by atoms with E-state index in [2.05, 4.69) is 42.4 Å². The minimum atomic E-state index is 0.676. The van der Waals surface area contributed by atoms with Crippen molar-refractivity contribution in [2.75, 3.05) is 0 Å². The SMILES string of the molecule is C/C(=C\CCc1ccccc1)C/C(=N/O)c1ccccc1. The summed E-state index contributed by atoms with van der Waals surface area (Å²) in [6, 6.07) is 20.3. The fraction of sp³-hybridized carbons (Fsp3) is 0.211. The van der Waals surface area contributed by atoms with Crippen LogP contribution in [0.2, 0.25) is 0 Å². The van der Waals surface area contributed by atoms with Gasteiger partial charge in [-0.15, -0.1) is 0 Å². The molecule has 2 heteroatoms. The smallest absolute Gasteiger partial charge is 0.0907 e. The second-order valence-corrected chi connectivity index (χ2v) is 5.16. The van der Waals surface area contributed by atoms with Crippen molar-refractivity contribution in [2.45, 2.75) is 26.2 Å². The first-order valence-corrected chi connectivity index (χ1v) is 7.25. The van der Waals surface area contributed by atoms with Crippen molar-refractivity contribution in [2.24, 2.45) is 5.16 Å². The van der Waals surface area contributed by atoms with Gasteiger partial charge in [-0.2, -0.15) is 0 Å². The van der Waals surface area contributed by atoms with Gasteiger partial charge in [-0.1, -0.05) is 77.5 Å². The predicted molar refractivity (Wildman–Crippen MR) is 87.9 cm³/mol. The van der Waals surface area contributed by atoms with Crippen LogP contribution in [0.25, 0.3) is 0 Å². The Morgan fingerprint density at radius 3 is 2.24 bits per heavy atom. The summed E-state index contributed by atoms with van der Waals surface area (Å²) in [5, 5.41) is 12.6. The zero-order chi connectivity index (χ0) is 14.9. The summed E-state index contributed by atoms with van der Waals surface area (Å²) in [5.74, 6) is 0. The van der Waals surface area contributed by atoms with E-state index in [1.165, 1.54) is 11.1 Å². The van der Waals surface area contributed by atoms with E-state index in [0.717, 1.165) is 18.4 Å². The van der Waals surface area contributed by atoms with Crippen LogP contribution in [0.1, 0.15) is 30.9 Å². The summed E-state index contributed by atoms with van der Waals surface area (Å²) in [6.07, 6.45) is 4.94. The Kier molecular flexibility index (Phi) is 5.77. The fourth-order valence-corrected chi connectivity index (χ4v) is 2.29. The first-order chi connectivity index (χ1) is 10.3. The molecule has 0 aliphatic heterocycles. The minimum Gasteiger partial charge on any atom is -0.411 e. The highest BCUT2D eigenvalue weighted by Crippen LogP contribution is 2.12. The van der Waals surface area contributed by atoms with E-state index in [0.29, 0.717) is 12.1 Å². The minimum absolute atomic E-state index is 0.676. The molecule has 0 bridgehead atoms. The number of aryl methyl sites for hydroxylation is 1. The maximum absolute atomic E-state index is 9.19. The monoisotopic (exact) mass is 279 g/mol. The first kappa shape index (κ1) is 15.0. The summed E-state index contributed by atoms with van der Waals surface area (Å²) in [6.45, 7) is 2.08. The Morgan fingerprint density at radius 2 is 1.62 bits per heavy atom. The molecule has 0 aliphatic carbocycles. The van der Waals surface area contributed by atoms with E-state index in [4.69, 9.17) is 0 Å². The normalized spacial score (nSPS) is 12.4. The number of allylic oxidation sites excluding steroid dienone is 2. The Morgan fingerprint density at radius 1 is 1.00 bits per heavy atom.